The molecule has 4 nitrogen and oxygen atoms in total. The summed E-state index contributed by atoms with van der Waals surface area (Å²) in [6.07, 6.45) is 3.43. The minimum absolute atomic E-state index is 0.366. The van der Waals surface area contributed by atoms with Gasteiger partial charge in [-0.25, -0.2) is 0 Å². The lowest BCUT2D eigenvalue weighted by Gasteiger charge is -2.42. The zero-order chi connectivity index (χ0) is 13.3. The number of ether oxygens (including phenoxy) is 3. The van der Waals surface area contributed by atoms with Gasteiger partial charge in [-0.15, -0.1) is 0 Å². The third kappa shape index (κ3) is 4.84. The molecule has 0 bridgehead atoms. The molecule has 18 heavy (non-hydrogen) atoms. The molecule has 1 atom stereocenters. The van der Waals surface area contributed by atoms with Crippen LogP contribution in [0.4, 0.5) is 0 Å². The van der Waals surface area contributed by atoms with E-state index in [1.54, 1.807) is 14.2 Å². The number of nitrogens with one attached hydrogen (secondary N) is 1. The van der Waals surface area contributed by atoms with Crippen LogP contribution >= 0.6 is 0 Å². The molecule has 0 spiro atoms. The van der Waals surface area contributed by atoms with E-state index in [9.17, 15) is 0 Å². The maximum absolute atomic E-state index is 5.52. The summed E-state index contributed by atoms with van der Waals surface area (Å²) in [6.45, 7) is 7.75. The summed E-state index contributed by atoms with van der Waals surface area (Å²) in [7, 11) is 3.52. The standard InChI is InChI=1S/C14H29NO3/c1-13(4-8-16-2)14(5-9-18-10-6-14)12-15-7-11-17-3/h13,15H,4-12H2,1-3H3. The van der Waals surface area contributed by atoms with Gasteiger partial charge < -0.3 is 19.5 Å². The first-order valence-corrected chi connectivity index (χ1v) is 7.01. The molecule has 0 aromatic heterocycles. The van der Waals surface area contributed by atoms with Gasteiger partial charge >= 0.3 is 0 Å². The van der Waals surface area contributed by atoms with Gasteiger partial charge in [0.25, 0.3) is 0 Å². The fourth-order valence-corrected chi connectivity index (χ4v) is 2.73. The zero-order valence-electron chi connectivity index (χ0n) is 12.2. The molecule has 0 aromatic rings. The number of methoxy groups -OCH3 is 2. The second-order valence-corrected chi connectivity index (χ2v) is 5.33. The predicted octanol–water partition coefficient (Wildman–Crippen LogP) is 1.69. The van der Waals surface area contributed by atoms with Gasteiger partial charge in [-0.2, -0.15) is 0 Å². The molecule has 0 aliphatic carbocycles. The van der Waals surface area contributed by atoms with E-state index in [-0.39, 0.29) is 0 Å². The lowest BCUT2D eigenvalue weighted by Crippen LogP contribution is -2.44. The summed E-state index contributed by atoms with van der Waals surface area (Å²) in [5.41, 5.74) is 0.366. The van der Waals surface area contributed by atoms with Crippen LogP contribution in [0.15, 0.2) is 0 Å². The van der Waals surface area contributed by atoms with Crippen molar-refractivity contribution >= 4 is 0 Å². The summed E-state index contributed by atoms with van der Waals surface area (Å²) in [5.74, 6) is 0.663. The molecule has 0 radical (unpaired) electrons. The Kier molecular flexibility index (Phi) is 7.82. The Labute approximate surface area is 111 Å². The summed E-state index contributed by atoms with van der Waals surface area (Å²) < 4.78 is 15.8. The van der Waals surface area contributed by atoms with Crippen LogP contribution in [0, 0.1) is 11.3 Å². The highest BCUT2D eigenvalue weighted by atomic mass is 16.5. The Hall–Kier alpha value is -0.160. The molecule has 1 aliphatic heterocycles. The molecule has 1 aliphatic rings. The molecule has 1 rings (SSSR count). The topological polar surface area (TPSA) is 39.7 Å². The normalized spacial score (nSPS) is 20.8. The van der Waals surface area contributed by atoms with Crippen LogP contribution in [0.25, 0.3) is 0 Å². The molecule has 1 saturated heterocycles. The first-order valence-electron chi connectivity index (χ1n) is 7.01. The van der Waals surface area contributed by atoms with E-state index in [1.165, 1.54) is 0 Å². The van der Waals surface area contributed by atoms with Crippen LogP contribution in [-0.2, 0) is 14.2 Å². The van der Waals surface area contributed by atoms with E-state index in [1.807, 2.05) is 0 Å². The van der Waals surface area contributed by atoms with Crippen LogP contribution in [0.1, 0.15) is 26.2 Å². The van der Waals surface area contributed by atoms with Gasteiger partial charge in [0.2, 0.25) is 0 Å². The van der Waals surface area contributed by atoms with Crippen molar-refractivity contribution in [3.05, 3.63) is 0 Å². The number of hydrogen-bond donors (Lipinski definition) is 1. The van der Waals surface area contributed by atoms with Crippen molar-refractivity contribution in [1.82, 2.24) is 5.32 Å². The van der Waals surface area contributed by atoms with Crippen molar-refractivity contribution in [3.8, 4) is 0 Å². The van der Waals surface area contributed by atoms with Crippen LogP contribution in [-0.4, -0.2) is 53.7 Å². The highest BCUT2D eigenvalue weighted by Crippen LogP contribution is 2.39. The van der Waals surface area contributed by atoms with Crippen molar-refractivity contribution in [2.24, 2.45) is 11.3 Å². The number of rotatable bonds is 9. The van der Waals surface area contributed by atoms with Gasteiger partial charge in [0.1, 0.15) is 0 Å². The molecule has 108 valence electrons. The molecule has 1 N–H and O–H groups in total. The summed E-state index contributed by atoms with van der Waals surface area (Å²) in [5, 5.41) is 3.53. The van der Waals surface area contributed by atoms with E-state index < -0.39 is 0 Å². The Morgan fingerprint density at radius 2 is 1.83 bits per heavy atom. The molecular weight excluding hydrogens is 230 g/mol. The maximum atomic E-state index is 5.52. The first-order chi connectivity index (χ1) is 8.75. The molecule has 0 amide bonds. The monoisotopic (exact) mass is 259 g/mol. The molecule has 0 saturated carbocycles. The SMILES string of the molecule is COCCNCC1(C(C)CCOC)CCOCC1. The third-order valence-electron chi connectivity index (χ3n) is 4.25. The quantitative estimate of drug-likeness (QED) is 0.640. The van der Waals surface area contributed by atoms with Crippen LogP contribution in [0.2, 0.25) is 0 Å². The molecule has 1 unspecified atom stereocenters. The minimum atomic E-state index is 0.366. The van der Waals surface area contributed by atoms with Crippen molar-refractivity contribution < 1.29 is 14.2 Å². The Balaban J connectivity index is 2.45. The van der Waals surface area contributed by atoms with Crippen molar-refractivity contribution in [1.29, 1.82) is 0 Å². The van der Waals surface area contributed by atoms with Crippen molar-refractivity contribution in [3.63, 3.8) is 0 Å². The lowest BCUT2D eigenvalue weighted by atomic mass is 9.69. The molecule has 1 fully saturated rings. The van der Waals surface area contributed by atoms with Crippen molar-refractivity contribution in [2.75, 3.05) is 53.7 Å². The Bertz CT molecular complexity index is 205. The first kappa shape index (κ1) is 15.9. The smallest absolute Gasteiger partial charge is 0.0587 e. The summed E-state index contributed by atoms with van der Waals surface area (Å²) in [6, 6.07) is 0. The van der Waals surface area contributed by atoms with Crippen LogP contribution in [0.5, 0.6) is 0 Å². The van der Waals surface area contributed by atoms with E-state index in [4.69, 9.17) is 14.2 Å². The second kappa shape index (κ2) is 8.86. The average Bonchev–Trinajstić information content (AvgIpc) is 2.42. The Morgan fingerprint density at radius 1 is 1.17 bits per heavy atom. The predicted molar refractivity (Wildman–Crippen MR) is 72.9 cm³/mol. The van der Waals surface area contributed by atoms with Gasteiger partial charge in [0.05, 0.1) is 6.61 Å². The van der Waals surface area contributed by atoms with Gasteiger partial charge in [0, 0.05) is 47.1 Å². The minimum Gasteiger partial charge on any atom is -0.385 e. The molecule has 4 heteroatoms. The van der Waals surface area contributed by atoms with Crippen molar-refractivity contribution in [2.45, 2.75) is 26.2 Å². The van der Waals surface area contributed by atoms with E-state index in [2.05, 4.69) is 12.2 Å². The highest BCUT2D eigenvalue weighted by molar-refractivity contribution is 4.88. The average molecular weight is 259 g/mol. The fourth-order valence-electron chi connectivity index (χ4n) is 2.73. The number of hydrogen-bond acceptors (Lipinski definition) is 4. The fraction of sp³-hybridized carbons (Fsp3) is 1.00. The van der Waals surface area contributed by atoms with E-state index in [0.29, 0.717) is 11.3 Å². The van der Waals surface area contributed by atoms with E-state index in [0.717, 1.165) is 58.8 Å². The lowest BCUT2D eigenvalue weighted by molar-refractivity contribution is -0.0213. The van der Waals surface area contributed by atoms with Gasteiger partial charge in [0.15, 0.2) is 0 Å². The van der Waals surface area contributed by atoms with Gasteiger partial charge in [-0.1, -0.05) is 6.92 Å². The second-order valence-electron chi connectivity index (χ2n) is 5.33. The Morgan fingerprint density at radius 3 is 2.44 bits per heavy atom. The third-order valence-corrected chi connectivity index (χ3v) is 4.25. The van der Waals surface area contributed by atoms with Gasteiger partial charge in [-0.3, -0.25) is 0 Å². The maximum Gasteiger partial charge on any atom is 0.0587 e. The molecule has 0 aromatic carbocycles. The zero-order valence-corrected chi connectivity index (χ0v) is 12.2. The van der Waals surface area contributed by atoms with Crippen LogP contribution in [0.3, 0.4) is 0 Å². The summed E-state index contributed by atoms with van der Waals surface area (Å²) in [4.78, 5) is 0. The molecule has 1 heterocycles. The highest BCUT2D eigenvalue weighted by Gasteiger charge is 2.37. The molecular formula is C14H29NO3. The van der Waals surface area contributed by atoms with Crippen LogP contribution < -0.4 is 5.32 Å². The summed E-state index contributed by atoms with van der Waals surface area (Å²) >= 11 is 0. The van der Waals surface area contributed by atoms with Gasteiger partial charge in [-0.05, 0) is 30.6 Å². The largest absolute Gasteiger partial charge is 0.385 e. The van der Waals surface area contributed by atoms with E-state index >= 15 is 0 Å².